The van der Waals surface area contributed by atoms with E-state index in [1.165, 1.54) is 24.3 Å². The fourth-order valence-electron chi connectivity index (χ4n) is 3.89. The molecule has 1 aromatic rings. The van der Waals surface area contributed by atoms with Crippen LogP contribution in [0.15, 0.2) is 36.4 Å². The lowest BCUT2D eigenvalue weighted by Gasteiger charge is -2.40. The molecule has 2 aliphatic rings. The first-order chi connectivity index (χ1) is 18.6. The molecular weight excluding hydrogens is 520 g/mol. The Labute approximate surface area is 225 Å². The molecule has 7 N–H and O–H groups in total. The number of phenolic OH excluding ortho intramolecular Hbond substituents is 2. The topological polar surface area (TPSA) is 205 Å². The summed E-state index contributed by atoms with van der Waals surface area (Å²) in [6.45, 7) is 0.734. The van der Waals surface area contributed by atoms with Gasteiger partial charge in [-0.05, 0) is 36.6 Å². The summed E-state index contributed by atoms with van der Waals surface area (Å²) in [5, 5.41) is 70.7. The molecule has 1 aromatic carbocycles. The number of hydrogen-bond acceptors (Lipinski definition) is 13. The third-order valence-electron chi connectivity index (χ3n) is 6.24. The molecule has 218 valence electrons. The van der Waals surface area contributed by atoms with Crippen LogP contribution in [0.3, 0.4) is 0 Å². The molecule has 0 aromatic heterocycles. The van der Waals surface area contributed by atoms with Crippen molar-refractivity contribution < 1.29 is 64.2 Å². The van der Waals surface area contributed by atoms with Crippen LogP contribution < -0.4 is 0 Å². The van der Waals surface area contributed by atoms with E-state index in [2.05, 4.69) is 0 Å². The van der Waals surface area contributed by atoms with Crippen LogP contribution in [0.25, 0.3) is 6.08 Å². The molecule has 3 rings (SSSR count). The number of ether oxygens (including phenoxy) is 5. The Morgan fingerprint density at radius 1 is 1.05 bits per heavy atom. The van der Waals surface area contributed by atoms with E-state index in [0.29, 0.717) is 12.0 Å². The minimum absolute atomic E-state index is 0.206. The van der Waals surface area contributed by atoms with E-state index < -0.39 is 67.9 Å². The number of rotatable bonds is 12. The van der Waals surface area contributed by atoms with Crippen LogP contribution in [0.4, 0.5) is 0 Å². The van der Waals surface area contributed by atoms with E-state index >= 15 is 0 Å². The lowest BCUT2D eigenvalue weighted by Crippen LogP contribution is -2.59. The zero-order chi connectivity index (χ0) is 28.6. The fourth-order valence-corrected chi connectivity index (χ4v) is 3.89. The molecule has 0 radical (unpaired) electrons. The number of phenols is 2. The molecule has 0 unspecified atom stereocenters. The molecule has 2 fully saturated rings. The Kier molecular flexibility index (Phi) is 11.2. The zero-order valence-electron chi connectivity index (χ0n) is 21.4. The highest BCUT2D eigenvalue weighted by Crippen LogP contribution is 2.29. The van der Waals surface area contributed by atoms with Crippen LogP contribution >= 0.6 is 0 Å². The third kappa shape index (κ3) is 8.20. The van der Waals surface area contributed by atoms with Gasteiger partial charge < -0.3 is 59.4 Å². The summed E-state index contributed by atoms with van der Waals surface area (Å²) in [4.78, 5) is 12.0. The van der Waals surface area contributed by atoms with Gasteiger partial charge in [0, 0.05) is 6.08 Å². The van der Waals surface area contributed by atoms with Crippen LogP contribution in [0.2, 0.25) is 0 Å². The molecule has 2 saturated heterocycles. The Morgan fingerprint density at radius 3 is 2.54 bits per heavy atom. The molecule has 0 aliphatic carbocycles. The van der Waals surface area contributed by atoms with Crippen molar-refractivity contribution in [1.29, 1.82) is 0 Å². The van der Waals surface area contributed by atoms with Gasteiger partial charge in [0.1, 0.15) is 37.1 Å². The van der Waals surface area contributed by atoms with Gasteiger partial charge in [0.05, 0.1) is 19.8 Å². The Hall–Kier alpha value is -2.59. The SMILES string of the molecule is CC/C=C\CCO[C@@H]1O[C@H](CO[C@@H]2OC[C@](O)(COC(=O)/C=C/c3ccc(O)c(O)c3)[C@H]2O)[C@H](O)[C@H](O)[C@H]1O. The highest BCUT2D eigenvalue weighted by Gasteiger charge is 2.51. The number of carbonyl (C=O) groups excluding carboxylic acids is 1. The number of hydrogen-bond donors (Lipinski definition) is 7. The maximum absolute atomic E-state index is 12.0. The minimum Gasteiger partial charge on any atom is -0.504 e. The van der Waals surface area contributed by atoms with Crippen LogP contribution in [0.1, 0.15) is 25.3 Å². The van der Waals surface area contributed by atoms with E-state index in [9.17, 15) is 40.5 Å². The van der Waals surface area contributed by atoms with E-state index in [0.717, 1.165) is 12.5 Å². The summed E-state index contributed by atoms with van der Waals surface area (Å²) in [6, 6.07) is 3.93. The summed E-state index contributed by atoms with van der Waals surface area (Å²) in [6.07, 6.45) is -2.36. The molecule has 8 atom stereocenters. The number of allylic oxidation sites excluding steroid dienone is 1. The standard InChI is InChI=1S/C26H36O13/c1-2-3-4-5-10-35-24-22(32)21(31)20(30)18(39-24)12-36-25-23(33)26(34,14-38-25)13-37-19(29)9-7-15-6-8-16(27)17(28)11-15/h3-4,6-9,11,18,20-25,27-28,30-34H,2,5,10,12-14H2,1H3/b4-3-,9-7+/t18-,20+,21+,22-,23+,24-,25-,26-/m1/s1. The van der Waals surface area contributed by atoms with Crippen LogP contribution in [-0.2, 0) is 28.5 Å². The van der Waals surface area contributed by atoms with Crippen LogP contribution in [0.5, 0.6) is 11.5 Å². The van der Waals surface area contributed by atoms with Crippen molar-refractivity contribution in [2.45, 2.75) is 68.5 Å². The van der Waals surface area contributed by atoms with Crippen molar-refractivity contribution in [2.24, 2.45) is 0 Å². The Balaban J connectivity index is 1.48. The van der Waals surface area contributed by atoms with E-state index in [1.807, 2.05) is 19.1 Å². The van der Waals surface area contributed by atoms with Gasteiger partial charge in [0.15, 0.2) is 29.7 Å². The highest BCUT2D eigenvalue weighted by atomic mass is 16.7. The normalized spacial score (nSPS) is 33.2. The summed E-state index contributed by atoms with van der Waals surface area (Å²) in [5.74, 6) is -1.53. The fraction of sp³-hybridized carbons (Fsp3) is 0.577. The molecule has 13 nitrogen and oxygen atoms in total. The second kappa shape index (κ2) is 14.2. The summed E-state index contributed by atoms with van der Waals surface area (Å²) in [5.41, 5.74) is -1.59. The van der Waals surface area contributed by atoms with Crippen molar-refractivity contribution in [3.8, 4) is 11.5 Å². The smallest absolute Gasteiger partial charge is 0.330 e. The van der Waals surface area contributed by atoms with Crippen molar-refractivity contribution >= 4 is 12.0 Å². The van der Waals surface area contributed by atoms with Crippen molar-refractivity contribution in [1.82, 2.24) is 0 Å². The molecule has 13 heteroatoms. The number of aliphatic hydroxyl groups is 5. The molecule has 0 spiro atoms. The average molecular weight is 557 g/mol. The predicted octanol–water partition coefficient (Wildman–Crippen LogP) is -0.700. The second-order valence-corrected chi connectivity index (χ2v) is 9.30. The third-order valence-corrected chi connectivity index (χ3v) is 6.24. The van der Waals surface area contributed by atoms with Gasteiger partial charge >= 0.3 is 5.97 Å². The first kappa shape index (κ1) is 30.9. The number of aliphatic hydroxyl groups excluding tert-OH is 4. The lowest BCUT2D eigenvalue weighted by molar-refractivity contribution is -0.309. The van der Waals surface area contributed by atoms with Crippen molar-refractivity contribution in [3.63, 3.8) is 0 Å². The molecule has 0 bridgehead atoms. The van der Waals surface area contributed by atoms with Gasteiger partial charge in [-0.15, -0.1) is 0 Å². The number of carbonyl (C=O) groups is 1. The van der Waals surface area contributed by atoms with E-state index in [1.54, 1.807) is 0 Å². The molecular formula is C26H36O13. The maximum atomic E-state index is 12.0. The molecule has 2 heterocycles. The van der Waals surface area contributed by atoms with Gasteiger partial charge in [0.25, 0.3) is 0 Å². The van der Waals surface area contributed by atoms with Crippen molar-refractivity contribution in [2.75, 3.05) is 26.4 Å². The maximum Gasteiger partial charge on any atom is 0.330 e. The summed E-state index contributed by atoms with van der Waals surface area (Å²) >= 11 is 0. The first-order valence-corrected chi connectivity index (χ1v) is 12.5. The van der Waals surface area contributed by atoms with Crippen LogP contribution in [0, 0.1) is 0 Å². The predicted molar refractivity (Wildman–Crippen MR) is 133 cm³/mol. The zero-order valence-corrected chi connectivity index (χ0v) is 21.4. The van der Waals surface area contributed by atoms with Gasteiger partial charge in [-0.3, -0.25) is 0 Å². The van der Waals surface area contributed by atoms with Crippen molar-refractivity contribution in [3.05, 3.63) is 42.0 Å². The molecule has 39 heavy (non-hydrogen) atoms. The van der Waals surface area contributed by atoms with E-state index in [4.69, 9.17) is 23.7 Å². The van der Waals surface area contributed by atoms with Gasteiger partial charge in [-0.25, -0.2) is 4.79 Å². The summed E-state index contributed by atoms with van der Waals surface area (Å²) in [7, 11) is 0. The molecule has 0 saturated carbocycles. The van der Waals surface area contributed by atoms with Gasteiger partial charge in [0.2, 0.25) is 0 Å². The van der Waals surface area contributed by atoms with Gasteiger partial charge in [-0.1, -0.05) is 25.1 Å². The lowest BCUT2D eigenvalue weighted by atomic mass is 9.99. The monoisotopic (exact) mass is 556 g/mol. The Morgan fingerprint density at radius 2 is 1.82 bits per heavy atom. The number of aromatic hydroxyl groups is 2. The average Bonchev–Trinajstić information content (AvgIpc) is 3.20. The minimum atomic E-state index is -2.00. The largest absolute Gasteiger partial charge is 0.504 e. The Bertz CT molecular complexity index is 998. The van der Waals surface area contributed by atoms with Crippen LogP contribution in [-0.4, -0.2) is 117 Å². The first-order valence-electron chi connectivity index (χ1n) is 12.5. The van der Waals surface area contributed by atoms with Gasteiger partial charge in [-0.2, -0.15) is 0 Å². The number of esters is 1. The summed E-state index contributed by atoms with van der Waals surface area (Å²) < 4.78 is 26.8. The number of benzene rings is 1. The quantitative estimate of drug-likeness (QED) is 0.0560. The molecule has 0 amide bonds. The highest BCUT2D eigenvalue weighted by molar-refractivity contribution is 5.87. The molecule has 2 aliphatic heterocycles. The second-order valence-electron chi connectivity index (χ2n) is 9.30. The van der Waals surface area contributed by atoms with E-state index in [-0.39, 0.29) is 24.7 Å².